The molecule has 0 bridgehead atoms. The summed E-state index contributed by atoms with van der Waals surface area (Å²) in [6.07, 6.45) is -4.80. The highest BCUT2D eigenvalue weighted by molar-refractivity contribution is 8.01. The molecule has 2 nitrogen and oxygen atoms in total. The van der Waals surface area contributed by atoms with Gasteiger partial charge in [-0.15, -0.1) is 24.9 Å². The summed E-state index contributed by atoms with van der Waals surface area (Å²) in [5, 5.41) is 0. The first kappa shape index (κ1) is 15.9. The highest BCUT2D eigenvalue weighted by atomic mass is 32.2. The molecule has 0 radical (unpaired) electrons. The van der Waals surface area contributed by atoms with E-state index in [2.05, 4.69) is 4.74 Å². The predicted molar refractivity (Wildman–Crippen MR) is 69.7 cm³/mol. The zero-order valence-electron chi connectivity index (χ0n) is 10.9. The van der Waals surface area contributed by atoms with E-state index in [1.807, 2.05) is 20.8 Å². The number of carbonyl (C=O) groups is 1. The Kier molecular flexibility index (Phi) is 4.90. The number of hydrogen-bond acceptors (Lipinski definition) is 3. The number of hydrogen-bond donors (Lipinski definition) is 0. The van der Waals surface area contributed by atoms with Crippen molar-refractivity contribution in [3.63, 3.8) is 0 Å². The van der Waals surface area contributed by atoms with E-state index >= 15 is 0 Å². The molecule has 1 rings (SSSR count). The van der Waals surface area contributed by atoms with Crippen molar-refractivity contribution in [2.75, 3.05) is 5.75 Å². The summed E-state index contributed by atoms with van der Waals surface area (Å²) in [5.74, 6) is -0.712. The normalized spacial score (nSPS) is 12.3. The van der Waals surface area contributed by atoms with Crippen molar-refractivity contribution in [3.8, 4) is 5.75 Å². The lowest BCUT2D eigenvalue weighted by atomic mass is 10.1. The van der Waals surface area contributed by atoms with Crippen molar-refractivity contribution in [1.29, 1.82) is 0 Å². The van der Waals surface area contributed by atoms with E-state index in [0.29, 0.717) is 0 Å². The topological polar surface area (TPSA) is 26.3 Å². The van der Waals surface area contributed by atoms with Crippen LogP contribution in [0.3, 0.4) is 0 Å². The van der Waals surface area contributed by atoms with Gasteiger partial charge in [-0.2, -0.15) is 0 Å². The highest BCUT2D eigenvalue weighted by Crippen LogP contribution is 2.29. The summed E-state index contributed by atoms with van der Waals surface area (Å²) in [4.78, 5) is 11.9. The maximum atomic E-state index is 12.2. The minimum Gasteiger partial charge on any atom is -0.405 e. The first-order chi connectivity index (χ1) is 8.58. The molecule has 0 amide bonds. The van der Waals surface area contributed by atoms with Crippen LogP contribution in [0.15, 0.2) is 24.3 Å². The van der Waals surface area contributed by atoms with Gasteiger partial charge in [-0.25, -0.2) is 0 Å². The van der Waals surface area contributed by atoms with Gasteiger partial charge >= 0.3 is 6.36 Å². The first-order valence-electron chi connectivity index (χ1n) is 5.60. The molecule has 1 aromatic rings. The number of benzene rings is 1. The van der Waals surface area contributed by atoms with Gasteiger partial charge in [0.05, 0.1) is 11.3 Å². The van der Waals surface area contributed by atoms with Crippen LogP contribution in [0.5, 0.6) is 5.75 Å². The van der Waals surface area contributed by atoms with Crippen molar-refractivity contribution in [3.05, 3.63) is 29.8 Å². The Hall–Kier alpha value is -1.17. The Morgan fingerprint density at radius 1 is 1.21 bits per heavy atom. The van der Waals surface area contributed by atoms with Crippen LogP contribution in [0.2, 0.25) is 0 Å². The van der Waals surface area contributed by atoms with Crippen molar-refractivity contribution >= 4 is 17.5 Å². The standard InChI is InChI=1S/C13H15F3O2S/c1-12(2,3)19-8-10(17)9-6-4-5-7-11(9)18-13(14,15)16/h4-7H,8H2,1-3H3. The Morgan fingerprint density at radius 3 is 2.32 bits per heavy atom. The maximum Gasteiger partial charge on any atom is 0.573 e. The lowest BCUT2D eigenvalue weighted by molar-refractivity contribution is -0.274. The second-order valence-corrected chi connectivity index (χ2v) is 6.67. The lowest BCUT2D eigenvalue weighted by Gasteiger charge is -2.17. The fourth-order valence-electron chi connectivity index (χ4n) is 1.27. The van der Waals surface area contributed by atoms with E-state index in [1.165, 1.54) is 30.0 Å². The van der Waals surface area contributed by atoms with Crippen LogP contribution in [0, 0.1) is 0 Å². The van der Waals surface area contributed by atoms with Gasteiger partial charge in [0.25, 0.3) is 0 Å². The minimum absolute atomic E-state index is 0.0448. The zero-order valence-corrected chi connectivity index (χ0v) is 11.7. The molecule has 0 saturated heterocycles. The molecule has 106 valence electrons. The smallest absolute Gasteiger partial charge is 0.405 e. The van der Waals surface area contributed by atoms with E-state index in [4.69, 9.17) is 0 Å². The van der Waals surface area contributed by atoms with Gasteiger partial charge in [0, 0.05) is 4.75 Å². The van der Waals surface area contributed by atoms with Crippen LogP contribution in [0.4, 0.5) is 13.2 Å². The van der Waals surface area contributed by atoms with Gasteiger partial charge in [-0.1, -0.05) is 32.9 Å². The molecule has 0 atom stereocenters. The van der Waals surface area contributed by atoms with Gasteiger partial charge in [0.15, 0.2) is 5.78 Å². The lowest BCUT2D eigenvalue weighted by Crippen LogP contribution is -2.20. The number of halogens is 3. The average Bonchev–Trinajstić information content (AvgIpc) is 2.23. The monoisotopic (exact) mass is 292 g/mol. The van der Waals surface area contributed by atoms with Crippen LogP contribution < -0.4 is 4.74 Å². The quantitative estimate of drug-likeness (QED) is 0.774. The average molecular weight is 292 g/mol. The maximum absolute atomic E-state index is 12.2. The molecule has 0 aliphatic heterocycles. The molecule has 0 unspecified atom stereocenters. The van der Waals surface area contributed by atoms with Crippen LogP contribution in [0.25, 0.3) is 0 Å². The van der Waals surface area contributed by atoms with Gasteiger partial charge in [0.2, 0.25) is 0 Å². The van der Waals surface area contributed by atoms with E-state index in [1.54, 1.807) is 0 Å². The largest absolute Gasteiger partial charge is 0.573 e. The molecule has 0 heterocycles. The molecular weight excluding hydrogens is 277 g/mol. The number of alkyl halides is 3. The van der Waals surface area contributed by atoms with Crippen molar-refractivity contribution in [1.82, 2.24) is 0 Å². The third kappa shape index (κ3) is 6.00. The van der Waals surface area contributed by atoms with Gasteiger partial charge in [-0.3, -0.25) is 4.79 Å². The molecule has 0 aromatic heterocycles. The molecule has 0 fully saturated rings. The third-order valence-corrected chi connectivity index (χ3v) is 3.32. The van der Waals surface area contributed by atoms with E-state index in [9.17, 15) is 18.0 Å². The molecule has 0 N–H and O–H groups in total. The number of ketones is 1. The zero-order chi connectivity index (χ0) is 14.7. The molecule has 0 aliphatic carbocycles. The predicted octanol–water partition coefficient (Wildman–Crippen LogP) is 4.30. The summed E-state index contributed by atoms with van der Waals surface area (Å²) in [6.45, 7) is 5.80. The van der Waals surface area contributed by atoms with Gasteiger partial charge < -0.3 is 4.74 Å². The Balaban J connectivity index is 2.85. The summed E-state index contributed by atoms with van der Waals surface area (Å²) in [6, 6.07) is 5.39. The summed E-state index contributed by atoms with van der Waals surface area (Å²) in [7, 11) is 0. The third-order valence-electron chi connectivity index (χ3n) is 2.05. The Morgan fingerprint density at radius 2 is 1.79 bits per heavy atom. The SMILES string of the molecule is CC(C)(C)SCC(=O)c1ccccc1OC(F)(F)F. The summed E-state index contributed by atoms with van der Waals surface area (Å²) < 4.78 is 40.4. The minimum atomic E-state index is -4.80. The van der Waals surface area contributed by atoms with Gasteiger partial charge in [0.1, 0.15) is 5.75 Å². The summed E-state index contributed by atoms with van der Waals surface area (Å²) >= 11 is 1.38. The van der Waals surface area contributed by atoms with Crippen LogP contribution >= 0.6 is 11.8 Å². The first-order valence-corrected chi connectivity index (χ1v) is 6.59. The second kappa shape index (κ2) is 5.86. The Labute approximate surface area is 114 Å². The van der Waals surface area contributed by atoms with Crippen LogP contribution in [0.1, 0.15) is 31.1 Å². The number of ether oxygens (including phenoxy) is 1. The number of rotatable bonds is 4. The van der Waals surface area contributed by atoms with Crippen LogP contribution in [-0.2, 0) is 0 Å². The van der Waals surface area contributed by atoms with Crippen LogP contribution in [-0.4, -0.2) is 22.6 Å². The van der Waals surface area contributed by atoms with Crippen molar-refractivity contribution < 1.29 is 22.7 Å². The fraction of sp³-hybridized carbons (Fsp3) is 0.462. The molecule has 1 aromatic carbocycles. The highest BCUT2D eigenvalue weighted by Gasteiger charge is 2.32. The Bertz CT molecular complexity index is 450. The summed E-state index contributed by atoms with van der Waals surface area (Å²) in [5.41, 5.74) is -0.0448. The van der Waals surface area contributed by atoms with E-state index < -0.39 is 12.1 Å². The van der Waals surface area contributed by atoms with Gasteiger partial charge in [-0.05, 0) is 12.1 Å². The molecular formula is C13H15F3O2S. The van der Waals surface area contributed by atoms with E-state index in [0.717, 1.165) is 6.07 Å². The van der Waals surface area contributed by atoms with E-state index in [-0.39, 0.29) is 21.8 Å². The molecule has 0 saturated carbocycles. The molecule has 19 heavy (non-hydrogen) atoms. The molecule has 6 heteroatoms. The molecule has 0 aliphatic rings. The second-order valence-electron chi connectivity index (χ2n) is 4.87. The number of Topliss-reactive ketones (excluding diaryl/α,β-unsaturated/α-hetero) is 1. The van der Waals surface area contributed by atoms with Crippen molar-refractivity contribution in [2.24, 2.45) is 0 Å². The van der Waals surface area contributed by atoms with Crippen molar-refractivity contribution in [2.45, 2.75) is 31.9 Å². The number of para-hydroxylation sites is 1. The number of thioether (sulfide) groups is 1. The molecule has 0 spiro atoms. The number of carbonyl (C=O) groups excluding carboxylic acids is 1. The fourth-order valence-corrected chi connectivity index (χ4v) is 1.99.